The summed E-state index contributed by atoms with van der Waals surface area (Å²) in [6.07, 6.45) is 0.727. The maximum absolute atomic E-state index is 12.6. The number of aromatic nitrogens is 1. The summed E-state index contributed by atoms with van der Waals surface area (Å²) in [7, 11) is 0. The van der Waals surface area contributed by atoms with Crippen molar-refractivity contribution in [2.45, 2.75) is 32.9 Å². The Balaban J connectivity index is 2.13. The summed E-state index contributed by atoms with van der Waals surface area (Å²) >= 11 is 3.17. The summed E-state index contributed by atoms with van der Waals surface area (Å²) in [5.41, 5.74) is 6.05. The molecule has 0 aromatic carbocycles. The summed E-state index contributed by atoms with van der Waals surface area (Å²) in [6.45, 7) is 5.25. The van der Waals surface area contributed by atoms with Crippen LogP contribution in [0, 0.1) is 0 Å². The summed E-state index contributed by atoms with van der Waals surface area (Å²) < 4.78 is 0. The van der Waals surface area contributed by atoms with Gasteiger partial charge in [0.05, 0.1) is 11.6 Å². The van der Waals surface area contributed by atoms with Crippen LogP contribution in [0.15, 0.2) is 22.9 Å². The van der Waals surface area contributed by atoms with Gasteiger partial charge >= 0.3 is 0 Å². The molecule has 2 heterocycles. The maximum Gasteiger partial charge on any atom is 0.273 e. The van der Waals surface area contributed by atoms with Gasteiger partial charge < -0.3 is 10.6 Å². The van der Waals surface area contributed by atoms with Crippen LogP contribution in [0.1, 0.15) is 34.2 Å². The van der Waals surface area contributed by atoms with Crippen molar-refractivity contribution in [2.24, 2.45) is 5.73 Å². The van der Waals surface area contributed by atoms with Gasteiger partial charge in [-0.1, -0.05) is 6.07 Å². The van der Waals surface area contributed by atoms with Gasteiger partial charge in [0.1, 0.15) is 5.69 Å². The van der Waals surface area contributed by atoms with E-state index < -0.39 is 0 Å². The molecule has 108 valence electrons. The fraction of sp³-hybridized carbons (Fsp3) is 0.429. The minimum Gasteiger partial charge on any atom is -0.330 e. The van der Waals surface area contributed by atoms with Gasteiger partial charge in [0.25, 0.3) is 5.91 Å². The first-order valence-corrected chi connectivity index (χ1v) is 8.35. The molecule has 0 saturated heterocycles. The number of amides is 1. The molecule has 2 N–H and O–H groups in total. The number of hydrogen-bond acceptors (Lipinski definition) is 5. The van der Waals surface area contributed by atoms with E-state index in [-0.39, 0.29) is 11.9 Å². The largest absolute Gasteiger partial charge is 0.330 e. The molecular formula is C14H19N3OS2. The molecule has 0 bridgehead atoms. The highest BCUT2D eigenvalue weighted by Crippen LogP contribution is 2.18. The van der Waals surface area contributed by atoms with Gasteiger partial charge in [0.15, 0.2) is 0 Å². The molecule has 6 heteroatoms. The van der Waals surface area contributed by atoms with Crippen LogP contribution in [0.5, 0.6) is 0 Å². The Morgan fingerprint density at radius 1 is 1.45 bits per heavy atom. The van der Waals surface area contributed by atoms with Crippen molar-refractivity contribution < 1.29 is 4.79 Å². The lowest BCUT2D eigenvalue weighted by molar-refractivity contribution is 0.0687. The van der Waals surface area contributed by atoms with Crippen LogP contribution in [0.25, 0.3) is 0 Å². The van der Waals surface area contributed by atoms with Gasteiger partial charge in [0.2, 0.25) is 0 Å². The first-order valence-electron chi connectivity index (χ1n) is 6.59. The van der Waals surface area contributed by atoms with Crippen LogP contribution < -0.4 is 5.73 Å². The van der Waals surface area contributed by atoms with E-state index >= 15 is 0 Å². The van der Waals surface area contributed by atoms with Crippen LogP contribution in [0.3, 0.4) is 0 Å². The molecule has 2 aromatic rings. The van der Waals surface area contributed by atoms with Gasteiger partial charge in [0, 0.05) is 22.7 Å². The highest BCUT2D eigenvalue weighted by molar-refractivity contribution is 7.10. The van der Waals surface area contributed by atoms with Gasteiger partial charge in [-0.25, -0.2) is 4.98 Å². The van der Waals surface area contributed by atoms with E-state index in [9.17, 15) is 4.79 Å². The Bertz CT molecular complexity index is 549. The first-order chi connectivity index (χ1) is 9.61. The molecule has 0 spiro atoms. The molecule has 20 heavy (non-hydrogen) atoms. The fourth-order valence-corrected chi connectivity index (χ4v) is 3.34. The molecule has 0 saturated carbocycles. The van der Waals surface area contributed by atoms with E-state index in [0.29, 0.717) is 18.8 Å². The Morgan fingerprint density at radius 2 is 2.25 bits per heavy atom. The topological polar surface area (TPSA) is 59.2 Å². The van der Waals surface area contributed by atoms with Crippen LogP contribution in [0.4, 0.5) is 0 Å². The third-order valence-corrected chi connectivity index (χ3v) is 4.69. The number of rotatable bonds is 6. The van der Waals surface area contributed by atoms with Crippen molar-refractivity contribution in [2.75, 3.05) is 6.54 Å². The average molecular weight is 309 g/mol. The SMILES string of the molecule is CC(C)N(Cc1cccs1)C(=O)c1csc(CCN)n1. The van der Waals surface area contributed by atoms with Gasteiger partial charge in [-0.2, -0.15) is 0 Å². The minimum absolute atomic E-state index is 0.00655. The summed E-state index contributed by atoms with van der Waals surface area (Å²) in [6, 6.07) is 4.20. The number of hydrogen-bond donors (Lipinski definition) is 1. The number of nitrogens with zero attached hydrogens (tertiary/aromatic N) is 2. The lowest BCUT2D eigenvalue weighted by atomic mass is 10.2. The molecule has 1 amide bonds. The van der Waals surface area contributed by atoms with E-state index in [1.165, 1.54) is 16.2 Å². The molecule has 0 aliphatic heterocycles. The molecule has 0 aliphatic carbocycles. The number of carbonyl (C=O) groups excluding carboxylic acids is 1. The summed E-state index contributed by atoms with van der Waals surface area (Å²) in [5, 5.41) is 4.79. The fourth-order valence-electron chi connectivity index (χ4n) is 1.85. The number of thiophene rings is 1. The van der Waals surface area contributed by atoms with Gasteiger partial charge in [-0.3, -0.25) is 4.79 Å². The molecule has 2 aromatic heterocycles. The van der Waals surface area contributed by atoms with Crippen LogP contribution in [0.2, 0.25) is 0 Å². The zero-order valence-corrected chi connectivity index (χ0v) is 13.3. The average Bonchev–Trinajstić information content (AvgIpc) is 3.06. The van der Waals surface area contributed by atoms with Crippen molar-refractivity contribution >= 4 is 28.6 Å². The molecule has 4 nitrogen and oxygen atoms in total. The maximum atomic E-state index is 12.6. The number of nitrogens with two attached hydrogens (primary N) is 1. The first kappa shape index (κ1) is 15.2. The second-order valence-electron chi connectivity index (χ2n) is 4.77. The lowest BCUT2D eigenvalue weighted by Crippen LogP contribution is -2.36. The van der Waals surface area contributed by atoms with Crippen molar-refractivity contribution in [3.63, 3.8) is 0 Å². The number of carbonyl (C=O) groups is 1. The van der Waals surface area contributed by atoms with E-state index in [1.54, 1.807) is 11.3 Å². The molecule has 0 atom stereocenters. The molecule has 0 fully saturated rings. The monoisotopic (exact) mass is 309 g/mol. The molecule has 0 aliphatic rings. The van der Waals surface area contributed by atoms with Crippen LogP contribution >= 0.6 is 22.7 Å². The Hall–Kier alpha value is -1.24. The van der Waals surface area contributed by atoms with Crippen molar-refractivity contribution in [1.82, 2.24) is 9.88 Å². The highest BCUT2D eigenvalue weighted by Gasteiger charge is 2.21. The van der Waals surface area contributed by atoms with E-state index in [0.717, 1.165) is 11.4 Å². The van der Waals surface area contributed by atoms with Gasteiger partial charge in [-0.05, 0) is 31.8 Å². The second-order valence-corrected chi connectivity index (χ2v) is 6.75. The zero-order chi connectivity index (χ0) is 14.5. The normalized spacial score (nSPS) is 11.0. The standard InChI is InChI=1S/C14H19N3OS2/c1-10(2)17(8-11-4-3-7-19-11)14(18)12-9-20-13(16-12)5-6-15/h3-4,7,9-10H,5-6,8,15H2,1-2H3. The molecule has 0 unspecified atom stereocenters. The Labute approximate surface area is 127 Å². The quantitative estimate of drug-likeness (QED) is 0.892. The third-order valence-electron chi connectivity index (χ3n) is 2.92. The van der Waals surface area contributed by atoms with Crippen LogP contribution in [-0.2, 0) is 13.0 Å². The predicted molar refractivity (Wildman–Crippen MR) is 84.2 cm³/mol. The van der Waals surface area contributed by atoms with E-state index in [1.807, 2.05) is 41.6 Å². The molecule has 0 radical (unpaired) electrons. The minimum atomic E-state index is -0.00655. The van der Waals surface area contributed by atoms with E-state index in [4.69, 9.17) is 5.73 Å². The van der Waals surface area contributed by atoms with Crippen molar-refractivity contribution in [3.05, 3.63) is 38.5 Å². The molecular weight excluding hydrogens is 290 g/mol. The molecule has 2 rings (SSSR count). The third kappa shape index (κ3) is 3.65. The lowest BCUT2D eigenvalue weighted by Gasteiger charge is -2.25. The smallest absolute Gasteiger partial charge is 0.273 e. The second kappa shape index (κ2) is 6.97. The van der Waals surface area contributed by atoms with Crippen LogP contribution in [-0.4, -0.2) is 28.4 Å². The highest BCUT2D eigenvalue weighted by atomic mass is 32.1. The summed E-state index contributed by atoms with van der Waals surface area (Å²) in [5.74, 6) is -0.00655. The Morgan fingerprint density at radius 3 is 2.85 bits per heavy atom. The van der Waals surface area contributed by atoms with Crippen molar-refractivity contribution in [3.8, 4) is 0 Å². The van der Waals surface area contributed by atoms with Crippen molar-refractivity contribution in [1.29, 1.82) is 0 Å². The van der Waals surface area contributed by atoms with Gasteiger partial charge in [-0.15, -0.1) is 22.7 Å². The number of thiazole rings is 1. The predicted octanol–water partition coefficient (Wildman–Crippen LogP) is 2.76. The Kier molecular flexibility index (Phi) is 5.28. The van der Waals surface area contributed by atoms with E-state index in [2.05, 4.69) is 4.98 Å². The summed E-state index contributed by atoms with van der Waals surface area (Å²) in [4.78, 5) is 20.0. The zero-order valence-electron chi connectivity index (χ0n) is 11.7.